The number of halogens is 1. The molecule has 0 aliphatic carbocycles. The fraction of sp³-hybridized carbons (Fsp3) is 0.611. The molecule has 0 fully saturated rings. The minimum absolute atomic E-state index is 0. The Bertz CT molecular complexity index is 716. The zero-order chi connectivity index (χ0) is 20.4. The maximum absolute atomic E-state index is 11.3. The third-order valence-corrected chi connectivity index (χ3v) is 4.77. The molecule has 28 heavy (non-hydrogen) atoms. The van der Waals surface area contributed by atoms with E-state index in [9.17, 15) is 8.42 Å². The molecule has 0 spiro atoms. The average molecular weight is 529 g/mol. The van der Waals surface area contributed by atoms with Crippen molar-refractivity contribution in [1.29, 1.82) is 0 Å². The second kappa shape index (κ2) is 12.9. The second-order valence-electron chi connectivity index (χ2n) is 6.19. The molecule has 1 atom stereocenters. The Morgan fingerprint density at radius 3 is 2.14 bits per heavy atom. The fourth-order valence-electron chi connectivity index (χ4n) is 2.41. The molecule has 0 aliphatic heterocycles. The summed E-state index contributed by atoms with van der Waals surface area (Å²) >= 11 is 0. The Hall–Kier alpha value is -1.43. The Kier molecular flexibility index (Phi) is 12.3. The van der Waals surface area contributed by atoms with Gasteiger partial charge in [0.05, 0.1) is 33.6 Å². The monoisotopic (exact) mass is 529 g/mol. The van der Waals surface area contributed by atoms with Crippen LogP contribution in [0.25, 0.3) is 0 Å². The van der Waals surface area contributed by atoms with Crippen LogP contribution in [0.5, 0.6) is 17.2 Å². The van der Waals surface area contributed by atoms with Crippen molar-refractivity contribution in [3.63, 3.8) is 0 Å². The molecule has 1 aromatic carbocycles. The zero-order valence-electron chi connectivity index (χ0n) is 17.4. The largest absolute Gasteiger partial charge is 0.493 e. The van der Waals surface area contributed by atoms with Crippen LogP contribution >= 0.6 is 24.0 Å². The molecule has 2 N–H and O–H groups in total. The van der Waals surface area contributed by atoms with Crippen molar-refractivity contribution in [1.82, 2.24) is 10.6 Å². The molecule has 0 aliphatic rings. The van der Waals surface area contributed by atoms with Crippen LogP contribution in [-0.2, 0) is 16.4 Å². The minimum Gasteiger partial charge on any atom is -0.493 e. The molecule has 1 aromatic rings. The number of guanidine groups is 1. The molecule has 0 amide bonds. The maximum Gasteiger partial charge on any atom is 0.203 e. The van der Waals surface area contributed by atoms with E-state index in [1.54, 1.807) is 21.3 Å². The quantitative estimate of drug-likeness (QED) is 0.273. The lowest BCUT2D eigenvalue weighted by Gasteiger charge is -2.18. The molecule has 0 radical (unpaired) electrons. The standard InChI is InChI=1S/C18H31N3O5S.HI/c1-7-19-18(21-13(2)8-9-27(6,22)23)20-12-14-10-15(24-3)17(26-5)16(11-14)25-4;/h10-11,13H,7-9,12H2,1-6H3,(H2,19,20,21);1H. The van der Waals surface area contributed by atoms with Crippen LogP contribution in [0.4, 0.5) is 0 Å². The van der Waals surface area contributed by atoms with Crippen molar-refractivity contribution in [2.75, 3.05) is 39.9 Å². The van der Waals surface area contributed by atoms with Gasteiger partial charge in [-0.2, -0.15) is 0 Å². The highest BCUT2D eigenvalue weighted by molar-refractivity contribution is 14.0. The summed E-state index contributed by atoms with van der Waals surface area (Å²) in [6, 6.07) is 3.67. The lowest BCUT2D eigenvalue weighted by atomic mass is 10.2. The van der Waals surface area contributed by atoms with Gasteiger partial charge in [-0.05, 0) is 38.0 Å². The van der Waals surface area contributed by atoms with Crippen molar-refractivity contribution >= 4 is 39.8 Å². The summed E-state index contributed by atoms with van der Waals surface area (Å²) in [6.07, 6.45) is 1.75. The van der Waals surface area contributed by atoms with Crippen molar-refractivity contribution < 1.29 is 22.6 Å². The van der Waals surface area contributed by atoms with Gasteiger partial charge in [-0.15, -0.1) is 24.0 Å². The van der Waals surface area contributed by atoms with Gasteiger partial charge < -0.3 is 24.8 Å². The number of nitrogens with one attached hydrogen (secondary N) is 2. The summed E-state index contributed by atoms with van der Waals surface area (Å²) in [6.45, 7) is 4.99. The first kappa shape index (κ1) is 26.6. The summed E-state index contributed by atoms with van der Waals surface area (Å²) in [5.74, 6) is 2.43. The van der Waals surface area contributed by atoms with Gasteiger partial charge in [0.25, 0.3) is 0 Å². The van der Waals surface area contributed by atoms with Gasteiger partial charge in [0.1, 0.15) is 9.84 Å². The molecular weight excluding hydrogens is 497 g/mol. The van der Waals surface area contributed by atoms with E-state index in [4.69, 9.17) is 14.2 Å². The number of sulfone groups is 1. The van der Waals surface area contributed by atoms with Gasteiger partial charge in [-0.25, -0.2) is 13.4 Å². The zero-order valence-corrected chi connectivity index (χ0v) is 20.5. The third-order valence-electron chi connectivity index (χ3n) is 3.79. The summed E-state index contributed by atoms with van der Waals surface area (Å²) in [4.78, 5) is 4.57. The van der Waals surface area contributed by atoms with Crippen LogP contribution in [0.2, 0.25) is 0 Å². The van der Waals surface area contributed by atoms with Crippen molar-refractivity contribution in [3.8, 4) is 17.2 Å². The number of benzene rings is 1. The number of ether oxygens (including phenoxy) is 3. The topological polar surface area (TPSA) is 98.2 Å². The van der Waals surface area contributed by atoms with Crippen LogP contribution in [0.3, 0.4) is 0 Å². The molecule has 0 heterocycles. The van der Waals surface area contributed by atoms with Gasteiger partial charge in [0.15, 0.2) is 17.5 Å². The van der Waals surface area contributed by atoms with E-state index in [1.807, 2.05) is 26.0 Å². The summed E-state index contributed by atoms with van der Waals surface area (Å²) < 4.78 is 38.7. The smallest absolute Gasteiger partial charge is 0.203 e. The lowest BCUT2D eigenvalue weighted by Crippen LogP contribution is -2.42. The SMILES string of the molecule is CCNC(=NCc1cc(OC)c(OC)c(OC)c1)NC(C)CCS(C)(=O)=O.I. The number of nitrogens with zero attached hydrogens (tertiary/aromatic N) is 1. The van der Waals surface area contributed by atoms with Gasteiger partial charge in [0, 0.05) is 18.8 Å². The molecule has 0 aromatic heterocycles. The highest BCUT2D eigenvalue weighted by Gasteiger charge is 2.13. The van der Waals surface area contributed by atoms with Crippen LogP contribution in [0.1, 0.15) is 25.8 Å². The molecule has 0 saturated heterocycles. The number of aliphatic imine (C=N–C) groups is 1. The summed E-state index contributed by atoms with van der Waals surface area (Å²) in [5, 5.41) is 6.39. The molecule has 162 valence electrons. The number of methoxy groups -OCH3 is 3. The van der Waals surface area contributed by atoms with Gasteiger partial charge >= 0.3 is 0 Å². The fourth-order valence-corrected chi connectivity index (χ4v) is 3.20. The summed E-state index contributed by atoms with van der Waals surface area (Å²) in [5.41, 5.74) is 0.894. The predicted octanol–water partition coefficient (Wildman–Crippen LogP) is 2.21. The molecule has 1 rings (SSSR count). The van der Waals surface area contributed by atoms with Gasteiger partial charge in [-0.1, -0.05) is 0 Å². The minimum atomic E-state index is -2.98. The first-order valence-electron chi connectivity index (χ1n) is 8.75. The highest BCUT2D eigenvalue weighted by atomic mass is 127. The lowest BCUT2D eigenvalue weighted by molar-refractivity contribution is 0.324. The Morgan fingerprint density at radius 1 is 1.14 bits per heavy atom. The third kappa shape index (κ3) is 9.18. The normalized spacial score (nSPS) is 12.6. The van der Waals surface area contributed by atoms with Crippen LogP contribution < -0.4 is 24.8 Å². The predicted molar refractivity (Wildman–Crippen MR) is 123 cm³/mol. The number of hydrogen-bond donors (Lipinski definition) is 2. The van der Waals surface area contributed by atoms with E-state index in [0.29, 0.717) is 42.7 Å². The van der Waals surface area contributed by atoms with E-state index >= 15 is 0 Å². The van der Waals surface area contributed by atoms with Crippen molar-refractivity contribution in [2.45, 2.75) is 32.9 Å². The highest BCUT2D eigenvalue weighted by Crippen LogP contribution is 2.38. The second-order valence-corrected chi connectivity index (χ2v) is 8.45. The molecular formula is C18H32IN3O5S. The molecule has 8 nitrogen and oxygen atoms in total. The van der Waals surface area contributed by atoms with Crippen LogP contribution in [-0.4, -0.2) is 60.3 Å². The number of hydrogen-bond acceptors (Lipinski definition) is 6. The van der Waals surface area contributed by atoms with E-state index in [0.717, 1.165) is 5.56 Å². The Labute approximate surface area is 185 Å². The summed E-state index contributed by atoms with van der Waals surface area (Å²) in [7, 11) is 1.71. The average Bonchev–Trinajstić information content (AvgIpc) is 2.63. The first-order valence-corrected chi connectivity index (χ1v) is 10.8. The first-order chi connectivity index (χ1) is 12.7. The molecule has 10 heteroatoms. The molecule has 0 bridgehead atoms. The maximum atomic E-state index is 11.3. The Morgan fingerprint density at radius 2 is 1.71 bits per heavy atom. The number of rotatable bonds is 10. The van der Waals surface area contributed by atoms with Crippen molar-refractivity contribution in [2.24, 2.45) is 4.99 Å². The molecule has 1 unspecified atom stereocenters. The van der Waals surface area contributed by atoms with Crippen LogP contribution in [0, 0.1) is 0 Å². The van der Waals surface area contributed by atoms with E-state index in [2.05, 4.69) is 15.6 Å². The van der Waals surface area contributed by atoms with E-state index in [1.165, 1.54) is 6.26 Å². The Balaban J connectivity index is 0.00000729. The van der Waals surface area contributed by atoms with E-state index in [-0.39, 0.29) is 35.8 Å². The van der Waals surface area contributed by atoms with E-state index < -0.39 is 9.84 Å². The van der Waals surface area contributed by atoms with Crippen LogP contribution in [0.15, 0.2) is 17.1 Å². The van der Waals surface area contributed by atoms with Crippen molar-refractivity contribution in [3.05, 3.63) is 17.7 Å². The van der Waals surface area contributed by atoms with Gasteiger partial charge in [-0.3, -0.25) is 0 Å². The molecule has 0 saturated carbocycles. The van der Waals surface area contributed by atoms with Gasteiger partial charge in [0.2, 0.25) is 5.75 Å².